The molecule has 2 fully saturated rings. The lowest BCUT2D eigenvalue weighted by Gasteiger charge is -2.42. The summed E-state index contributed by atoms with van der Waals surface area (Å²) in [6.07, 6.45) is -12.0. The molecule has 2 aliphatic rings. The molecule has 0 aromatic rings. The summed E-state index contributed by atoms with van der Waals surface area (Å²) in [5, 5.41) is 57.4. The van der Waals surface area contributed by atoms with Crippen LogP contribution in [-0.4, -0.2) is 92.6 Å². The third kappa shape index (κ3) is 2.96. The Hall–Kier alpha value is -0.360. The molecule has 0 bridgehead atoms. The van der Waals surface area contributed by atoms with Crippen molar-refractivity contribution in [2.75, 3.05) is 6.61 Å². The van der Waals surface area contributed by atoms with Crippen LogP contribution in [0.1, 0.15) is 6.92 Å². The second kappa shape index (κ2) is 6.18. The first kappa shape index (κ1) is 16.0. The van der Waals surface area contributed by atoms with Crippen molar-refractivity contribution in [1.29, 1.82) is 0 Å². The summed E-state index contributed by atoms with van der Waals surface area (Å²) in [5.74, 6) is 0. The van der Waals surface area contributed by atoms with Gasteiger partial charge in [-0.05, 0) is 6.92 Å². The highest BCUT2D eigenvalue weighted by Crippen LogP contribution is 2.25. The Labute approximate surface area is 114 Å². The van der Waals surface area contributed by atoms with E-state index >= 15 is 0 Å². The predicted octanol–water partition coefficient (Wildman–Crippen LogP) is -3.73. The van der Waals surface area contributed by atoms with Crippen LogP contribution in [0.2, 0.25) is 0 Å². The van der Waals surface area contributed by atoms with Gasteiger partial charge in [0.25, 0.3) is 0 Å². The number of rotatable bonds is 2. The first-order valence-corrected chi connectivity index (χ1v) is 6.34. The van der Waals surface area contributed by atoms with Gasteiger partial charge in [0.05, 0.1) is 12.7 Å². The zero-order valence-corrected chi connectivity index (χ0v) is 10.8. The molecule has 0 aromatic carbocycles. The molecule has 2 saturated heterocycles. The Bertz CT molecular complexity index is 327. The SMILES string of the molecule is C[C@H]1OC(O[C@@H]2OC[C@H](O)[C@H](O)[C@H]2O)[C@@H](O)[C@@H](O)[C@@H]1O. The monoisotopic (exact) mass is 296 g/mol. The van der Waals surface area contributed by atoms with Gasteiger partial charge in [-0.3, -0.25) is 0 Å². The van der Waals surface area contributed by atoms with Gasteiger partial charge < -0.3 is 44.8 Å². The molecule has 0 radical (unpaired) electrons. The molecule has 20 heavy (non-hydrogen) atoms. The van der Waals surface area contributed by atoms with Crippen LogP contribution in [0.4, 0.5) is 0 Å². The summed E-state index contributed by atoms with van der Waals surface area (Å²) in [4.78, 5) is 0. The minimum Gasteiger partial charge on any atom is -0.388 e. The van der Waals surface area contributed by atoms with Gasteiger partial charge in [0.15, 0.2) is 12.6 Å². The Morgan fingerprint density at radius 1 is 0.800 bits per heavy atom. The molecule has 9 atom stereocenters. The molecule has 2 aliphatic heterocycles. The lowest BCUT2D eigenvalue weighted by molar-refractivity contribution is -0.361. The normalized spacial score (nSPS) is 53.9. The molecule has 118 valence electrons. The Morgan fingerprint density at radius 2 is 1.40 bits per heavy atom. The summed E-state index contributed by atoms with van der Waals surface area (Å²) in [5.41, 5.74) is 0. The first-order valence-electron chi connectivity index (χ1n) is 6.34. The van der Waals surface area contributed by atoms with Crippen molar-refractivity contribution in [2.45, 2.75) is 62.2 Å². The molecule has 2 heterocycles. The Morgan fingerprint density at radius 3 is 2.05 bits per heavy atom. The average molecular weight is 296 g/mol. The van der Waals surface area contributed by atoms with Gasteiger partial charge in [-0.15, -0.1) is 0 Å². The maximum absolute atomic E-state index is 9.75. The number of hydrogen-bond acceptors (Lipinski definition) is 9. The van der Waals surface area contributed by atoms with E-state index in [1.807, 2.05) is 0 Å². The maximum Gasteiger partial charge on any atom is 0.189 e. The first-order chi connectivity index (χ1) is 9.32. The lowest BCUT2D eigenvalue weighted by Crippen LogP contribution is -2.60. The zero-order valence-electron chi connectivity index (χ0n) is 10.8. The fourth-order valence-corrected chi connectivity index (χ4v) is 2.16. The zero-order chi connectivity index (χ0) is 15.0. The van der Waals surface area contributed by atoms with Crippen molar-refractivity contribution in [3.05, 3.63) is 0 Å². The fourth-order valence-electron chi connectivity index (χ4n) is 2.16. The summed E-state index contributed by atoms with van der Waals surface area (Å²) >= 11 is 0. The topological polar surface area (TPSA) is 149 Å². The van der Waals surface area contributed by atoms with Gasteiger partial charge in [0, 0.05) is 0 Å². The van der Waals surface area contributed by atoms with Crippen molar-refractivity contribution in [2.24, 2.45) is 0 Å². The predicted molar refractivity (Wildman–Crippen MR) is 61.2 cm³/mol. The minimum atomic E-state index is -1.54. The van der Waals surface area contributed by atoms with E-state index in [-0.39, 0.29) is 6.61 Å². The highest BCUT2D eigenvalue weighted by molar-refractivity contribution is 4.89. The van der Waals surface area contributed by atoms with Gasteiger partial charge >= 0.3 is 0 Å². The molecular formula is C11H20O9. The van der Waals surface area contributed by atoms with Crippen LogP contribution in [0.3, 0.4) is 0 Å². The number of aliphatic hydroxyl groups is 6. The Kier molecular flexibility index (Phi) is 4.95. The molecule has 9 heteroatoms. The Balaban J connectivity index is 1.99. The molecule has 0 aromatic heterocycles. The summed E-state index contributed by atoms with van der Waals surface area (Å²) in [6.45, 7) is 1.22. The minimum absolute atomic E-state index is 0.257. The molecule has 2 rings (SSSR count). The maximum atomic E-state index is 9.75. The molecule has 0 amide bonds. The van der Waals surface area contributed by atoms with E-state index in [1.54, 1.807) is 0 Å². The van der Waals surface area contributed by atoms with Crippen LogP contribution in [0.25, 0.3) is 0 Å². The number of hydrogen-bond donors (Lipinski definition) is 6. The van der Waals surface area contributed by atoms with Crippen LogP contribution in [0.15, 0.2) is 0 Å². The molecule has 1 unspecified atom stereocenters. The van der Waals surface area contributed by atoms with Crippen LogP contribution < -0.4 is 0 Å². The summed E-state index contributed by atoms with van der Waals surface area (Å²) in [7, 11) is 0. The third-order valence-corrected chi connectivity index (χ3v) is 3.53. The molecule has 9 nitrogen and oxygen atoms in total. The molecule has 0 saturated carbocycles. The van der Waals surface area contributed by atoms with E-state index in [0.29, 0.717) is 0 Å². The molecule has 6 N–H and O–H groups in total. The second-order valence-electron chi connectivity index (χ2n) is 5.07. The third-order valence-electron chi connectivity index (χ3n) is 3.53. The largest absolute Gasteiger partial charge is 0.388 e. The smallest absolute Gasteiger partial charge is 0.189 e. The van der Waals surface area contributed by atoms with E-state index in [0.717, 1.165) is 0 Å². The molecule has 0 spiro atoms. The van der Waals surface area contributed by atoms with Crippen molar-refractivity contribution >= 4 is 0 Å². The molecule has 0 aliphatic carbocycles. The van der Waals surface area contributed by atoms with Crippen LogP contribution in [0, 0.1) is 0 Å². The van der Waals surface area contributed by atoms with Crippen molar-refractivity contribution < 1.29 is 44.8 Å². The fraction of sp³-hybridized carbons (Fsp3) is 1.00. The molecular weight excluding hydrogens is 276 g/mol. The second-order valence-corrected chi connectivity index (χ2v) is 5.07. The van der Waals surface area contributed by atoms with Crippen LogP contribution in [-0.2, 0) is 14.2 Å². The van der Waals surface area contributed by atoms with Gasteiger partial charge in [0.1, 0.15) is 36.6 Å². The average Bonchev–Trinajstić information content (AvgIpc) is 2.42. The van der Waals surface area contributed by atoms with E-state index in [2.05, 4.69) is 0 Å². The van der Waals surface area contributed by atoms with Crippen molar-refractivity contribution in [3.8, 4) is 0 Å². The van der Waals surface area contributed by atoms with Crippen LogP contribution in [0.5, 0.6) is 0 Å². The van der Waals surface area contributed by atoms with Gasteiger partial charge in [-0.1, -0.05) is 0 Å². The summed E-state index contributed by atoms with van der Waals surface area (Å²) < 4.78 is 15.4. The highest BCUT2D eigenvalue weighted by Gasteiger charge is 2.46. The van der Waals surface area contributed by atoms with E-state index in [4.69, 9.17) is 14.2 Å². The summed E-state index contributed by atoms with van der Waals surface area (Å²) in [6, 6.07) is 0. The highest BCUT2D eigenvalue weighted by atomic mass is 16.8. The standard InChI is InChI=1S/C11H20O9/c1-3-5(13)7(15)9(17)11(19-3)20-10-8(16)6(14)4(12)2-18-10/h3-17H,2H2,1H3/t3-,4+,5-,6+,7+,8-,9+,10+,11?/m1/s1. The van der Waals surface area contributed by atoms with Gasteiger partial charge in [0.2, 0.25) is 0 Å². The van der Waals surface area contributed by atoms with E-state index < -0.39 is 55.3 Å². The van der Waals surface area contributed by atoms with E-state index in [9.17, 15) is 30.6 Å². The number of aliphatic hydroxyl groups excluding tert-OH is 6. The van der Waals surface area contributed by atoms with Crippen molar-refractivity contribution in [3.63, 3.8) is 0 Å². The lowest BCUT2D eigenvalue weighted by atomic mass is 10.00. The van der Waals surface area contributed by atoms with Gasteiger partial charge in [-0.25, -0.2) is 0 Å². The van der Waals surface area contributed by atoms with Crippen molar-refractivity contribution in [1.82, 2.24) is 0 Å². The van der Waals surface area contributed by atoms with Gasteiger partial charge in [-0.2, -0.15) is 0 Å². The quantitative estimate of drug-likeness (QED) is 0.302. The number of ether oxygens (including phenoxy) is 3. The van der Waals surface area contributed by atoms with E-state index in [1.165, 1.54) is 6.92 Å². The van der Waals surface area contributed by atoms with Crippen LogP contribution >= 0.6 is 0 Å².